The molecule has 0 saturated heterocycles. The highest BCUT2D eigenvalue weighted by Gasteiger charge is 2.13. The Balaban J connectivity index is 1.90. The Morgan fingerprint density at radius 2 is 2.20 bits per heavy atom. The van der Waals surface area contributed by atoms with Gasteiger partial charge in [-0.25, -0.2) is 0 Å². The van der Waals surface area contributed by atoms with Gasteiger partial charge in [0.25, 0.3) is 5.91 Å². The number of nitrogens with one attached hydrogen (secondary N) is 1. The van der Waals surface area contributed by atoms with E-state index in [4.69, 9.17) is 11.6 Å². The van der Waals surface area contributed by atoms with E-state index >= 15 is 0 Å². The van der Waals surface area contributed by atoms with E-state index in [1.807, 2.05) is 12.1 Å². The summed E-state index contributed by atoms with van der Waals surface area (Å²) in [5.41, 5.74) is 1.26. The summed E-state index contributed by atoms with van der Waals surface area (Å²) >= 11 is 6.75. The minimum Gasteiger partial charge on any atom is -0.319 e. The summed E-state index contributed by atoms with van der Waals surface area (Å²) in [4.78, 5) is 12.5. The molecule has 0 bridgehead atoms. The first kappa shape index (κ1) is 12.7. The molecule has 9 heteroatoms. The molecule has 3 rings (SSSR count). The molecular weight excluding hydrogens is 300 g/mol. The van der Waals surface area contributed by atoms with Crippen LogP contribution in [0.15, 0.2) is 36.7 Å². The molecule has 0 aliphatic heterocycles. The number of hydrogen-bond donors (Lipinski definition) is 1. The van der Waals surface area contributed by atoms with Gasteiger partial charge in [0.05, 0.1) is 11.4 Å². The quantitative estimate of drug-likeness (QED) is 0.800. The van der Waals surface area contributed by atoms with E-state index in [1.54, 1.807) is 12.1 Å². The number of anilines is 1. The van der Waals surface area contributed by atoms with Crippen LogP contribution < -0.4 is 5.32 Å². The number of hydrogen-bond acceptors (Lipinski definition) is 6. The van der Waals surface area contributed by atoms with Gasteiger partial charge in [-0.1, -0.05) is 23.7 Å². The number of para-hydroxylation sites is 2. The van der Waals surface area contributed by atoms with Crippen LogP contribution in [-0.4, -0.2) is 30.5 Å². The summed E-state index contributed by atoms with van der Waals surface area (Å²) in [6.45, 7) is 0. The van der Waals surface area contributed by atoms with Crippen molar-refractivity contribution in [2.24, 2.45) is 0 Å². The number of halogens is 1. The van der Waals surface area contributed by atoms with E-state index in [-0.39, 0.29) is 5.91 Å². The largest absolute Gasteiger partial charge is 0.319 e. The fraction of sp³-hybridized carbons (Fsp3) is 0. The predicted octanol–water partition coefficient (Wildman–Crippen LogP) is 2.02. The first-order valence-electron chi connectivity index (χ1n) is 5.50. The molecule has 3 aromatic rings. The Morgan fingerprint density at radius 3 is 2.90 bits per heavy atom. The Morgan fingerprint density at radius 1 is 1.35 bits per heavy atom. The summed E-state index contributed by atoms with van der Waals surface area (Å²) in [6, 6.07) is 8.71. The van der Waals surface area contributed by atoms with Gasteiger partial charge >= 0.3 is 0 Å². The van der Waals surface area contributed by atoms with Crippen LogP contribution in [0.2, 0.25) is 5.15 Å². The lowest BCUT2D eigenvalue weighted by atomic mass is 10.2. The third kappa shape index (κ3) is 2.51. The average Bonchev–Trinajstić information content (AvgIpc) is 3.10. The summed E-state index contributed by atoms with van der Waals surface area (Å²) in [5.74, 6) is -0.282. The Bertz CT molecular complexity index is 741. The van der Waals surface area contributed by atoms with Gasteiger partial charge in [0.15, 0.2) is 0 Å². The topological polar surface area (TPSA) is 85.6 Å². The molecule has 7 nitrogen and oxygen atoms in total. The minimum absolute atomic E-state index is 0.282. The molecule has 1 aromatic carbocycles. The van der Waals surface area contributed by atoms with Crippen molar-refractivity contribution in [1.29, 1.82) is 0 Å². The van der Waals surface area contributed by atoms with Gasteiger partial charge in [0, 0.05) is 6.07 Å². The van der Waals surface area contributed by atoms with E-state index in [0.29, 0.717) is 21.4 Å². The number of rotatable bonds is 3. The maximum atomic E-state index is 12.1. The molecule has 1 N–H and O–H groups in total. The summed E-state index contributed by atoms with van der Waals surface area (Å²) in [7, 11) is 0. The van der Waals surface area contributed by atoms with Gasteiger partial charge in [0.1, 0.15) is 16.4 Å². The molecule has 2 heterocycles. The second-order valence-electron chi connectivity index (χ2n) is 3.74. The second-order valence-corrected chi connectivity index (χ2v) is 4.93. The molecule has 100 valence electrons. The molecule has 0 atom stereocenters. The molecule has 20 heavy (non-hydrogen) atoms. The van der Waals surface area contributed by atoms with E-state index in [0.717, 1.165) is 11.5 Å². The molecule has 1 amide bonds. The van der Waals surface area contributed by atoms with Gasteiger partial charge in [0.2, 0.25) is 0 Å². The van der Waals surface area contributed by atoms with Crippen molar-refractivity contribution in [2.75, 3.05) is 5.32 Å². The van der Waals surface area contributed by atoms with Gasteiger partial charge in [-0.05, 0) is 34.1 Å². The smallest absolute Gasteiger partial charge is 0.267 e. The molecule has 0 unspecified atom stereocenters. The number of carbonyl (C=O) groups excluding carboxylic acids is 1. The van der Waals surface area contributed by atoms with E-state index in [2.05, 4.69) is 25.2 Å². The zero-order chi connectivity index (χ0) is 13.9. The SMILES string of the molecule is O=C(Nc1ccccc1-n1cnnn1)c1cc(Cl)ns1. The highest BCUT2D eigenvalue weighted by atomic mass is 35.5. The Labute approximate surface area is 122 Å². The van der Waals surface area contributed by atoms with Crippen molar-refractivity contribution >= 4 is 34.7 Å². The van der Waals surface area contributed by atoms with Crippen molar-refractivity contribution in [3.05, 3.63) is 46.7 Å². The first-order valence-corrected chi connectivity index (χ1v) is 6.65. The van der Waals surface area contributed by atoms with Gasteiger partial charge < -0.3 is 5.32 Å². The minimum atomic E-state index is -0.282. The van der Waals surface area contributed by atoms with Gasteiger partial charge in [-0.15, -0.1) is 5.10 Å². The van der Waals surface area contributed by atoms with Crippen molar-refractivity contribution in [2.45, 2.75) is 0 Å². The zero-order valence-electron chi connectivity index (χ0n) is 9.89. The number of carbonyl (C=O) groups is 1. The molecular formula is C11H7ClN6OS. The molecule has 0 fully saturated rings. The average molecular weight is 307 g/mol. The summed E-state index contributed by atoms with van der Waals surface area (Å²) in [6.07, 6.45) is 1.45. The van der Waals surface area contributed by atoms with Crippen molar-refractivity contribution in [1.82, 2.24) is 24.6 Å². The molecule has 0 saturated carbocycles. The number of amides is 1. The van der Waals surface area contributed by atoms with Crippen LogP contribution in [0.4, 0.5) is 5.69 Å². The second kappa shape index (κ2) is 5.35. The maximum absolute atomic E-state index is 12.1. The van der Waals surface area contributed by atoms with Crippen LogP contribution in [0.5, 0.6) is 0 Å². The Hall–Kier alpha value is -2.32. The normalized spacial score (nSPS) is 10.4. The van der Waals surface area contributed by atoms with Crippen LogP contribution in [0.25, 0.3) is 5.69 Å². The van der Waals surface area contributed by atoms with Crippen LogP contribution >= 0.6 is 23.1 Å². The van der Waals surface area contributed by atoms with E-state index in [9.17, 15) is 4.79 Å². The lowest BCUT2D eigenvalue weighted by Crippen LogP contribution is -2.12. The lowest BCUT2D eigenvalue weighted by Gasteiger charge is -2.08. The summed E-state index contributed by atoms with van der Waals surface area (Å²) < 4.78 is 5.33. The van der Waals surface area contributed by atoms with Crippen LogP contribution in [0.1, 0.15) is 9.67 Å². The third-order valence-corrected chi connectivity index (χ3v) is 3.54. The third-order valence-electron chi connectivity index (χ3n) is 2.45. The van der Waals surface area contributed by atoms with Gasteiger partial charge in [-0.3, -0.25) is 4.79 Å². The van der Waals surface area contributed by atoms with Crippen LogP contribution in [0.3, 0.4) is 0 Å². The van der Waals surface area contributed by atoms with E-state index < -0.39 is 0 Å². The molecule has 2 aromatic heterocycles. The fourth-order valence-corrected chi connectivity index (χ4v) is 2.41. The molecule has 0 aliphatic rings. The monoisotopic (exact) mass is 306 g/mol. The number of tetrazole rings is 1. The van der Waals surface area contributed by atoms with Crippen molar-refractivity contribution in [3.63, 3.8) is 0 Å². The summed E-state index contributed by atoms with van der Waals surface area (Å²) in [5, 5.41) is 14.0. The number of aromatic nitrogens is 5. The van der Waals surface area contributed by atoms with E-state index in [1.165, 1.54) is 17.1 Å². The molecule has 0 aliphatic carbocycles. The zero-order valence-corrected chi connectivity index (χ0v) is 11.5. The highest BCUT2D eigenvalue weighted by molar-refractivity contribution is 7.08. The highest BCUT2D eigenvalue weighted by Crippen LogP contribution is 2.21. The molecule has 0 spiro atoms. The maximum Gasteiger partial charge on any atom is 0.267 e. The number of nitrogens with zero attached hydrogens (tertiary/aromatic N) is 5. The predicted molar refractivity (Wildman–Crippen MR) is 74.2 cm³/mol. The molecule has 0 radical (unpaired) electrons. The standard InChI is InChI=1S/C11H7ClN6OS/c12-10-5-9(20-15-10)11(19)14-7-3-1-2-4-8(7)18-6-13-16-17-18/h1-6H,(H,14,19). The van der Waals surface area contributed by atoms with Crippen molar-refractivity contribution in [3.8, 4) is 5.69 Å². The first-order chi connectivity index (χ1) is 9.74. The number of benzene rings is 1. The lowest BCUT2D eigenvalue weighted by molar-refractivity contribution is 0.103. The van der Waals surface area contributed by atoms with Crippen LogP contribution in [-0.2, 0) is 0 Å². The Kier molecular flexibility index (Phi) is 3.40. The van der Waals surface area contributed by atoms with Gasteiger partial charge in [-0.2, -0.15) is 9.06 Å². The van der Waals surface area contributed by atoms with Crippen molar-refractivity contribution < 1.29 is 4.79 Å². The fourth-order valence-electron chi connectivity index (χ4n) is 1.60. The van der Waals surface area contributed by atoms with Crippen LogP contribution in [0, 0.1) is 0 Å².